The molecular formula is C24H25N3O3S. The summed E-state index contributed by atoms with van der Waals surface area (Å²) in [4.78, 5) is 29.3. The molecule has 0 saturated heterocycles. The standard InChI is InChI=1S/C24H25N3O3S/c1-18(28)27-23(24(29)26-15-20-9-5-6-14-25-20)17-31-22-12-10-21(11-13-22)30-16-19-7-3-2-4-8-19/h2-14,23H,15-17H2,1H3,(H,26,29)(H,27,28). The lowest BCUT2D eigenvalue weighted by molar-refractivity contribution is -0.127. The van der Waals surface area contributed by atoms with Crippen molar-refractivity contribution in [2.24, 2.45) is 0 Å². The molecule has 0 aliphatic carbocycles. The van der Waals surface area contributed by atoms with Crippen molar-refractivity contribution in [2.75, 3.05) is 5.75 Å². The Bertz CT molecular complexity index is 966. The normalized spacial score (nSPS) is 11.4. The van der Waals surface area contributed by atoms with Crippen molar-refractivity contribution >= 4 is 23.6 Å². The fourth-order valence-corrected chi connectivity index (χ4v) is 3.71. The zero-order valence-corrected chi connectivity index (χ0v) is 18.1. The van der Waals surface area contributed by atoms with E-state index in [9.17, 15) is 9.59 Å². The molecule has 31 heavy (non-hydrogen) atoms. The third kappa shape index (κ3) is 7.79. The van der Waals surface area contributed by atoms with Crippen molar-refractivity contribution in [3.8, 4) is 5.75 Å². The van der Waals surface area contributed by atoms with Gasteiger partial charge in [-0.25, -0.2) is 0 Å². The van der Waals surface area contributed by atoms with E-state index in [4.69, 9.17) is 4.74 Å². The average molecular weight is 436 g/mol. The minimum Gasteiger partial charge on any atom is -0.489 e. The number of hydrogen-bond donors (Lipinski definition) is 2. The van der Waals surface area contributed by atoms with Crippen molar-refractivity contribution in [3.63, 3.8) is 0 Å². The highest BCUT2D eigenvalue weighted by atomic mass is 32.2. The Hall–Kier alpha value is -3.32. The van der Waals surface area contributed by atoms with Gasteiger partial charge in [0.2, 0.25) is 11.8 Å². The lowest BCUT2D eigenvalue weighted by Crippen LogP contribution is -2.47. The van der Waals surface area contributed by atoms with E-state index in [0.717, 1.165) is 21.9 Å². The SMILES string of the molecule is CC(=O)NC(CSc1ccc(OCc2ccccc2)cc1)C(=O)NCc1ccccn1. The van der Waals surface area contributed by atoms with Crippen LogP contribution in [0.2, 0.25) is 0 Å². The Morgan fingerprint density at radius 1 is 1.00 bits per heavy atom. The number of nitrogens with zero attached hydrogens (tertiary/aromatic N) is 1. The van der Waals surface area contributed by atoms with Gasteiger partial charge in [0.1, 0.15) is 18.4 Å². The van der Waals surface area contributed by atoms with Crippen LogP contribution < -0.4 is 15.4 Å². The first-order valence-electron chi connectivity index (χ1n) is 9.94. The molecule has 0 radical (unpaired) electrons. The first-order chi connectivity index (χ1) is 15.1. The van der Waals surface area contributed by atoms with E-state index in [1.165, 1.54) is 18.7 Å². The Morgan fingerprint density at radius 2 is 1.74 bits per heavy atom. The highest BCUT2D eigenvalue weighted by Crippen LogP contribution is 2.23. The molecule has 0 aliphatic heterocycles. The van der Waals surface area contributed by atoms with E-state index in [2.05, 4.69) is 15.6 Å². The van der Waals surface area contributed by atoms with Gasteiger partial charge in [0, 0.05) is 23.8 Å². The van der Waals surface area contributed by atoms with Crippen molar-refractivity contribution in [1.29, 1.82) is 0 Å². The van der Waals surface area contributed by atoms with E-state index in [1.54, 1.807) is 6.20 Å². The summed E-state index contributed by atoms with van der Waals surface area (Å²) in [6.07, 6.45) is 1.68. The predicted octanol–water partition coefficient (Wildman–Crippen LogP) is 3.57. The number of rotatable bonds is 10. The van der Waals surface area contributed by atoms with Gasteiger partial charge in [-0.05, 0) is 42.0 Å². The van der Waals surface area contributed by atoms with Crippen molar-refractivity contribution in [2.45, 2.75) is 31.0 Å². The van der Waals surface area contributed by atoms with Gasteiger partial charge >= 0.3 is 0 Å². The van der Waals surface area contributed by atoms with Crippen molar-refractivity contribution in [3.05, 3.63) is 90.3 Å². The highest BCUT2D eigenvalue weighted by molar-refractivity contribution is 7.99. The lowest BCUT2D eigenvalue weighted by atomic mass is 10.2. The number of pyridine rings is 1. The van der Waals surface area contributed by atoms with Gasteiger partial charge in [-0.15, -0.1) is 11.8 Å². The Labute approximate surface area is 186 Å². The number of thioether (sulfide) groups is 1. The van der Waals surface area contributed by atoms with Gasteiger partial charge in [0.25, 0.3) is 0 Å². The molecule has 3 aromatic rings. The topological polar surface area (TPSA) is 80.3 Å². The van der Waals surface area contributed by atoms with Crippen LogP contribution in [0.15, 0.2) is 83.9 Å². The number of benzene rings is 2. The van der Waals surface area contributed by atoms with Crippen LogP contribution in [-0.4, -0.2) is 28.6 Å². The van der Waals surface area contributed by atoms with Crippen LogP contribution in [0.3, 0.4) is 0 Å². The highest BCUT2D eigenvalue weighted by Gasteiger charge is 2.19. The Kier molecular flexibility index (Phi) is 8.48. The smallest absolute Gasteiger partial charge is 0.243 e. The number of ether oxygens (including phenoxy) is 1. The van der Waals surface area contributed by atoms with E-state index in [-0.39, 0.29) is 11.8 Å². The molecule has 0 bridgehead atoms. The fourth-order valence-electron chi connectivity index (χ4n) is 2.78. The van der Waals surface area contributed by atoms with E-state index < -0.39 is 6.04 Å². The predicted molar refractivity (Wildman–Crippen MR) is 122 cm³/mol. The van der Waals surface area contributed by atoms with Gasteiger partial charge in [-0.3, -0.25) is 14.6 Å². The lowest BCUT2D eigenvalue weighted by Gasteiger charge is -2.17. The quantitative estimate of drug-likeness (QED) is 0.476. The molecule has 1 atom stereocenters. The van der Waals surface area contributed by atoms with E-state index >= 15 is 0 Å². The first kappa shape index (κ1) is 22.4. The number of carbonyl (C=O) groups excluding carboxylic acids is 2. The molecular weight excluding hydrogens is 410 g/mol. The largest absolute Gasteiger partial charge is 0.489 e. The van der Waals surface area contributed by atoms with Crippen LogP contribution in [-0.2, 0) is 22.7 Å². The maximum absolute atomic E-state index is 12.6. The molecule has 1 unspecified atom stereocenters. The maximum Gasteiger partial charge on any atom is 0.243 e. The number of carbonyl (C=O) groups is 2. The van der Waals surface area contributed by atoms with Gasteiger partial charge in [0.05, 0.1) is 12.2 Å². The molecule has 6 nitrogen and oxygen atoms in total. The van der Waals surface area contributed by atoms with Gasteiger partial charge in [0.15, 0.2) is 0 Å². The summed E-state index contributed by atoms with van der Waals surface area (Å²) in [7, 11) is 0. The summed E-state index contributed by atoms with van der Waals surface area (Å²) in [5.41, 5.74) is 1.87. The van der Waals surface area contributed by atoms with Crippen LogP contribution in [0, 0.1) is 0 Å². The molecule has 1 aromatic heterocycles. The molecule has 0 aliphatic rings. The molecule has 2 aromatic carbocycles. The molecule has 2 N–H and O–H groups in total. The monoisotopic (exact) mass is 435 g/mol. The summed E-state index contributed by atoms with van der Waals surface area (Å²) in [5, 5.41) is 5.55. The van der Waals surface area contributed by atoms with Crippen molar-refractivity contribution < 1.29 is 14.3 Å². The average Bonchev–Trinajstić information content (AvgIpc) is 2.80. The third-order valence-corrected chi connectivity index (χ3v) is 5.46. The third-order valence-electron chi connectivity index (χ3n) is 4.35. The minimum atomic E-state index is -0.639. The second-order valence-electron chi connectivity index (χ2n) is 6.85. The summed E-state index contributed by atoms with van der Waals surface area (Å²) < 4.78 is 5.80. The Morgan fingerprint density at radius 3 is 2.42 bits per heavy atom. The number of aromatic nitrogens is 1. The molecule has 1 heterocycles. The second-order valence-corrected chi connectivity index (χ2v) is 7.94. The molecule has 0 spiro atoms. The Balaban J connectivity index is 1.50. The number of amides is 2. The minimum absolute atomic E-state index is 0.240. The van der Waals surface area contributed by atoms with Gasteiger partial charge < -0.3 is 15.4 Å². The van der Waals surface area contributed by atoms with Crippen LogP contribution in [0.1, 0.15) is 18.2 Å². The van der Waals surface area contributed by atoms with Crippen molar-refractivity contribution in [1.82, 2.24) is 15.6 Å². The molecule has 2 amide bonds. The van der Waals surface area contributed by atoms with Crippen LogP contribution in [0.4, 0.5) is 0 Å². The summed E-state index contributed by atoms with van der Waals surface area (Å²) in [6.45, 7) is 2.23. The van der Waals surface area contributed by atoms with Crippen LogP contribution >= 0.6 is 11.8 Å². The zero-order chi connectivity index (χ0) is 21.9. The van der Waals surface area contributed by atoms with Gasteiger partial charge in [-0.2, -0.15) is 0 Å². The van der Waals surface area contributed by atoms with Crippen LogP contribution in [0.5, 0.6) is 5.75 Å². The number of nitrogens with one attached hydrogen (secondary N) is 2. The second kappa shape index (κ2) is 11.8. The molecule has 160 valence electrons. The zero-order valence-electron chi connectivity index (χ0n) is 17.3. The number of hydrogen-bond acceptors (Lipinski definition) is 5. The molecule has 0 saturated carbocycles. The summed E-state index contributed by atoms with van der Waals surface area (Å²) in [6, 6.07) is 22.6. The maximum atomic E-state index is 12.6. The summed E-state index contributed by atoms with van der Waals surface area (Å²) >= 11 is 1.50. The van der Waals surface area contributed by atoms with Gasteiger partial charge in [-0.1, -0.05) is 36.4 Å². The van der Waals surface area contributed by atoms with Crippen LogP contribution in [0.25, 0.3) is 0 Å². The summed E-state index contributed by atoms with van der Waals surface area (Å²) in [5.74, 6) is 0.705. The molecule has 0 fully saturated rings. The van der Waals surface area contributed by atoms with E-state index in [1.807, 2.05) is 72.8 Å². The molecule has 7 heteroatoms. The fraction of sp³-hybridized carbons (Fsp3) is 0.208. The first-order valence-corrected chi connectivity index (χ1v) is 10.9. The molecule has 3 rings (SSSR count). The van der Waals surface area contributed by atoms with E-state index in [0.29, 0.717) is 18.9 Å².